The van der Waals surface area contributed by atoms with Gasteiger partial charge in [0, 0.05) is 0 Å². The van der Waals surface area contributed by atoms with E-state index in [0.717, 1.165) is 5.92 Å². The first-order chi connectivity index (χ1) is 8.81. The zero-order valence-electron chi connectivity index (χ0n) is 11.6. The van der Waals surface area contributed by atoms with Crippen LogP contribution in [0.3, 0.4) is 0 Å². The molecule has 1 aromatic rings. The largest absolute Gasteiger partial charge is 0.0622 e. The van der Waals surface area contributed by atoms with Crippen LogP contribution in [0.25, 0.3) is 0 Å². The third-order valence-corrected chi connectivity index (χ3v) is 5.34. The minimum absolute atomic E-state index is 0.364. The molecule has 0 spiro atoms. The first-order valence-electron chi connectivity index (χ1n) is 7.72. The molecule has 3 rings (SSSR count). The van der Waals surface area contributed by atoms with E-state index >= 15 is 0 Å². The summed E-state index contributed by atoms with van der Waals surface area (Å²) in [5, 5.41) is 0. The summed E-state index contributed by atoms with van der Waals surface area (Å²) in [7, 11) is 0. The summed E-state index contributed by atoms with van der Waals surface area (Å²) in [6.45, 7) is 2.52. The van der Waals surface area contributed by atoms with Crippen LogP contribution in [0.1, 0.15) is 63.9 Å². The molecule has 2 unspecified atom stereocenters. The van der Waals surface area contributed by atoms with Gasteiger partial charge in [-0.1, -0.05) is 62.9 Å². The predicted molar refractivity (Wildman–Crippen MR) is 77.5 cm³/mol. The van der Waals surface area contributed by atoms with Gasteiger partial charge in [0.25, 0.3) is 0 Å². The molecule has 2 aliphatic rings. The van der Waals surface area contributed by atoms with E-state index in [0.29, 0.717) is 5.41 Å². The first kappa shape index (κ1) is 12.3. The molecule has 18 heavy (non-hydrogen) atoms. The van der Waals surface area contributed by atoms with Crippen LogP contribution >= 0.6 is 0 Å². The van der Waals surface area contributed by atoms with Gasteiger partial charge in [0.1, 0.15) is 0 Å². The lowest BCUT2D eigenvalue weighted by Gasteiger charge is -2.41. The molecule has 0 bridgehead atoms. The zero-order chi connectivity index (χ0) is 12.4. The Morgan fingerprint density at radius 3 is 2.56 bits per heavy atom. The van der Waals surface area contributed by atoms with Crippen molar-refractivity contribution in [3.05, 3.63) is 41.8 Å². The van der Waals surface area contributed by atoms with Crippen LogP contribution in [0.4, 0.5) is 0 Å². The smallest absolute Gasteiger partial charge is 0.00105 e. The van der Waals surface area contributed by atoms with Crippen LogP contribution in [0.5, 0.6) is 0 Å². The Hall–Kier alpha value is -0.780. The van der Waals surface area contributed by atoms with E-state index in [1.165, 1.54) is 51.4 Å². The molecule has 97 valence electrons. The highest BCUT2D eigenvalue weighted by atomic mass is 14.5. The van der Waals surface area contributed by atoms with Gasteiger partial charge >= 0.3 is 0 Å². The Bertz CT molecular complexity index is 380. The van der Waals surface area contributed by atoms with E-state index in [4.69, 9.17) is 0 Å². The molecule has 2 saturated carbocycles. The van der Waals surface area contributed by atoms with E-state index in [2.05, 4.69) is 37.3 Å². The van der Waals surface area contributed by atoms with Crippen molar-refractivity contribution >= 4 is 0 Å². The topological polar surface area (TPSA) is 0 Å². The van der Waals surface area contributed by atoms with Crippen molar-refractivity contribution in [3.8, 4) is 0 Å². The average molecular weight is 241 g/mol. The molecule has 2 atom stereocenters. The van der Waals surface area contributed by atoms with Crippen LogP contribution < -0.4 is 0 Å². The lowest BCUT2D eigenvalue weighted by molar-refractivity contribution is 0.321. The van der Waals surface area contributed by atoms with E-state index in [-0.39, 0.29) is 0 Å². The summed E-state index contributed by atoms with van der Waals surface area (Å²) < 4.78 is 0. The quantitative estimate of drug-likeness (QED) is 0.627. The second kappa shape index (κ2) is 5.07. The molecule has 0 amide bonds. The normalized spacial score (nSPS) is 33.7. The van der Waals surface area contributed by atoms with E-state index in [9.17, 15) is 0 Å². The fourth-order valence-electron chi connectivity index (χ4n) is 4.30. The Labute approximate surface area is 112 Å². The monoisotopic (exact) mass is 241 g/mol. The second-order valence-corrected chi connectivity index (χ2v) is 6.41. The highest BCUT2D eigenvalue weighted by Crippen LogP contribution is 2.52. The van der Waals surface area contributed by atoms with Gasteiger partial charge in [0.05, 0.1) is 0 Å². The van der Waals surface area contributed by atoms with Gasteiger partial charge in [0.2, 0.25) is 0 Å². The molecular formula is C18H25. The zero-order valence-corrected chi connectivity index (χ0v) is 11.6. The van der Waals surface area contributed by atoms with Crippen molar-refractivity contribution in [2.45, 2.75) is 63.7 Å². The molecular weight excluding hydrogens is 216 g/mol. The molecule has 0 heteroatoms. The Morgan fingerprint density at radius 2 is 1.72 bits per heavy atom. The molecule has 0 aromatic heterocycles. The van der Waals surface area contributed by atoms with E-state index in [1.807, 2.05) is 5.92 Å². The van der Waals surface area contributed by atoms with Crippen molar-refractivity contribution in [1.82, 2.24) is 0 Å². The summed E-state index contributed by atoms with van der Waals surface area (Å²) in [4.78, 5) is 0. The highest BCUT2D eigenvalue weighted by Gasteiger charge is 2.43. The molecule has 1 aromatic carbocycles. The maximum Gasteiger partial charge on any atom is -0.00105 e. The summed E-state index contributed by atoms with van der Waals surface area (Å²) in [5.74, 6) is 2.81. The van der Waals surface area contributed by atoms with Gasteiger partial charge in [-0.15, -0.1) is 0 Å². The number of hydrogen-bond acceptors (Lipinski definition) is 0. The molecule has 0 nitrogen and oxygen atoms in total. The Morgan fingerprint density at radius 1 is 0.944 bits per heavy atom. The highest BCUT2D eigenvalue weighted by molar-refractivity contribution is 5.34. The van der Waals surface area contributed by atoms with Gasteiger partial charge in [-0.25, -0.2) is 0 Å². The van der Waals surface area contributed by atoms with Gasteiger partial charge in [0.15, 0.2) is 0 Å². The minimum atomic E-state index is 0.364. The van der Waals surface area contributed by atoms with Gasteiger partial charge in [-0.05, 0) is 48.5 Å². The van der Waals surface area contributed by atoms with Crippen molar-refractivity contribution in [2.75, 3.05) is 0 Å². The lowest BCUT2D eigenvalue weighted by Crippen LogP contribution is -2.34. The number of hydrogen-bond donors (Lipinski definition) is 0. The maximum atomic E-state index is 2.52. The van der Waals surface area contributed by atoms with Crippen LogP contribution in [0, 0.1) is 11.8 Å². The molecule has 2 aliphatic carbocycles. The Kier molecular flexibility index (Phi) is 3.46. The summed E-state index contributed by atoms with van der Waals surface area (Å²) in [6, 6.07) is 11.3. The van der Waals surface area contributed by atoms with Crippen LogP contribution in [-0.4, -0.2) is 0 Å². The van der Waals surface area contributed by atoms with Gasteiger partial charge in [-0.3, -0.25) is 0 Å². The molecule has 0 saturated heterocycles. The fourth-order valence-corrected chi connectivity index (χ4v) is 4.30. The first-order valence-corrected chi connectivity index (χ1v) is 7.72. The average Bonchev–Trinajstić information content (AvgIpc) is 2.85. The standard InChI is InChI=1S/C18H25/c1-18(16-11-5-2-6-12-16)14-7-3-4-9-15-10-8-13-17(15)18/h2,5-6,11-12,15H,3-4,7-10,13-14H2,1H3. The minimum Gasteiger partial charge on any atom is -0.0622 e. The maximum absolute atomic E-state index is 2.52. The van der Waals surface area contributed by atoms with Crippen LogP contribution in [0.15, 0.2) is 30.3 Å². The third kappa shape index (κ3) is 2.11. The number of benzene rings is 1. The van der Waals surface area contributed by atoms with E-state index in [1.54, 1.807) is 5.56 Å². The molecule has 0 N–H and O–H groups in total. The van der Waals surface area contributed by atoms with Gasteiger partial charge in [-0.2, -0.15) is 0 Å². The third-order valence-electron chi connectivity index (χ3n) is 5.34. The van der Waals surface area contributed by atoms with Gasteiger partial charge < -0.3 is 0 Å². The van der Waals surface area contributed by atoms with Crippen molar-refractivity contribution < 1.29 is 0 Å². The second-order valence-electron chi connectivity index (χ2n) is 6.41. The van der Waals surface area contributed by atoms with Crippen molar-refractivity contribution in [3.63, 3.8) is 0 Å². The molecule has 1 radical (unpaired) electrons. The number of rotatable bonds is 1. The predicted octanol–water partition coefficient (Wildman–Crippen LogP) is 5.28. The SMILES string of the molecule is CC1(c2ccccc2)CCCCCC2CCC[C]21. The van der Waals surface area contributed by atoms with E-state index < -0.39 is 0 Å². The van der Waals surface area contributed by atoms with Crippen molar-refractivity contribution in [2.24, 2.45) is 5.92 Å². The fraction of sp³-hybridized carbons (Fsp3) is 0.611. The number of fused-ring (bicyclic) bond motifs is 1. The van der Waals surface area contributed by atoms with Crippen LogP contribution in [-0.2, 0) is 5.41 Å². The summed E-state index contributed by atoms with van der Waals surface area (Å²) in [5.41, 5.74) is 1.93. The molecule has 2 fully saturated rings. The molecule has 0 heterocycles. The van der Waals surface area contributed by atoms with Crippen molar-refractivity contribution in [1.29, 1.82) is 0 Å². The summed E-state index contributed by atoms with van der Waals surface area (Å²) >= 11 is 0. The Balaban J connectivity index is 1.95. The summed E-state index contributed by atoms with van der Waals surface area (Å²) in [6.07, 6.45) is 11.4. The van der Waals surface area contributed by atoms with Crippen LogP contribution in [0.2, 0.25) is 0 Å². The molecule has 0 aliphatic heterocycles. The lowest BCUT2D eigenvalue weighted by atomic mass is 9.63.